The Balaban J connectivity index is 1.72. The minimum Gasteiger partial charge on any atom is -0.481 e. The summed E-state index contributed by atoms with van der Waals surface area (Å²) in [7, 11) is 1.81. The monoisotopic (exact) mass is 342 g/mol. The molecule has 132 valence electrons. The molecule has 7 nitrogen and oxygen atoms in total. The lowest BCUT2D eigenvalue weighted by Crippen LogP contribution is -2.30. The maximum absolute atomic E-state index is 13.2. The predicted molar refractivity (Wildman–Crippen MR) is 91.2 cm³/mol. The molecule has 0 aromatic carbocycles. The van der Waals surface area contributed by atoms with Crippen molar-refractivity contribution in [2.45, 2.75) is 26.7 Å². The van der Waals surface area contributed by atoms with Crippen LogP contribution in [0.4, 0.5) is 0 Å². The van der Waals surface area contributed by atoms with E-state index in [9.17, 15) is 14.7 Å². The minimum absolute atomic E-state index is 0.0786. The summed E-state index contributed by atoms with van der Waals surface area (Å²) in [6.45, 7) is 4.54. The summed E-state index contributed by atoms with van der Waals surface area (Å²) >= 11 is 0. The number of amides is 1. The van der Waals surface area contributed by atoms with Crippen molar-refractivity contribution in [1.82, 2.24) is 19.7 Å². The molecule has 2 aromatic heterocycles. The SMILES string of the molecule is Cc1cc(C(=O)N2C[C@H](C(=O)O)[C@@H](C3CC3)C2)c2c(C)nn(C)c2n1. The number of hydrogen-bond donors (Lipinski definition) is 1. The average Bonchev–Trinajstić information content (AvgIpc) is 3.23. The molecule has 0 spiro atoms. The molecule has 1 amide bonds. The number of likely N-dealkylation sites (tertiary alicyclic amines) is 1. The van der Waals surface area contributed by atoms with Crippen LogP contribution in [-0.2, 0) is 11.8 Å². The van der Waals surface area contributed by atoms with Crippen LogP contribution in [0.15, 0.2) is 6.07 Å². The molecule has 4 rings (SSSR count). The fourth-order valence-corrected chi connectivity index (χ4v) is 4.17. The van der Waals surface area contributed by atoms with Gasteiger partial charge in [-0.1, -0.05) is 0 Å². The average molecular weight is 342 g/mol. The lowest BCUT2D eigenvalue weighted by atomic mass is 9.92. The highest BCUT2D eigenvalue weighted by Gasteiger charge is 2.47. The number of pyridine rings is 1. The van der Waals surface area contributed by atoms with Crippen molar-refractivity contribution in [3.8, 4) is 0 Å². The number of carboxylic acids is 1. The molecule has 25 heavy (non-hydrogen) atoms. The molecule has 1 saturated heterocycles. The lowest BCUT2D eigenvalue weighted by molar-refractivity contribution is -0.142. The van der Waals surface area contributed by atoms with E-state index >= 15 is 0 Å². The van der Waals surface area contributed by atoms with E-state index in [-0.39, 0.29) is 18.4 Å². The zero-order valence-corrected chi connectivity index (χ0v) is 14.7. The lowest BCUT2D eigenvalue weighted by Gasteiger charge is -2.17. The Morgan fingerprint density at radius 3 is 2.60 bits per heavy atom. The van der Waals surface area contributed by atoms with Crippen LogP contribution >= 0.6 is 0 Å². The minimum atomic E-state index is -0.791. The van der Waals surface area contributed by atoms with Crippen LogP contribution in [0.1, 0.15) is 34.6 Å². The zero-order chi connectivity index (χ0) is 17.9. The van der Waals surface area contributed by atoms with Crippen LogP contribution < -0.4 is 0 Å². The summed E-state index contributed by atoms with van der Waals surface area (Å²) < 4.78 is 1.69. The number of hydrogen-bond acceptors (Lipinski definition) is 4. The van der Waals surface area contributed by atoms with Crippen molar-refractivity contribution in [3.63, 3.8) is 0 Å². The number of rotatable bonds is 3. The third-order valence-corrected chi connectivity index (χ3v) is 5.52. The first-order valence-electron chi connectivity index (χ1n) is 8.70. The van der Waals surface area contributed by atoms with Gasteiger partial charge in [-0.05, 0) is 44.6 Å². The van der Waals surface area contributed by atoms with E-state index in [0.717, 1.165) is 29.6 Å². The van der Waals surface area contributed by atoms with Crippen LogP contribution in [0.25, 0.3) is 11.0 Å². The first kappa shape index (κ1) is 16.1. The summed E-state index contributed by atoms with van der Waals surface area (Å²) in [5, 5.41) is 14.7. The van der Waals surface area contributed by atoms with E-state index in [1.807, 2.05) is 20.9 Å². The Morgan fingerprint density at radius 1 is 1.24 bits per heavy atom. The normalized spacial score (nSPS) is 23.4. The van der Waals surface area contributed by atoms with Gasteiger partial charge >= 0.3 is 5.97 Å². The topological polar surface area (TPSA) is 88.3 Å². The number of aliphatic carboxylic acids is 1. The van der Waals surface area contributed by atoms with Gasteiger partial charge in [-0.2, -0.15) is 5.10 Å². The fraction of sp³-hybridized carbons (Fsp3) is 0.556. The Hall–Kier alpha value is -2.44. The van der Waals surface area contributed by atoms with Crippen molar-refractivity contribution in [1.29, 1.82) is 0 Å². The molecule has 2 aromatic rings. The third-order valence-electron chi connectivity index (χ3n) is 5.52. The molecule has 2 atom stereocenters. The standard InChI is InChI=1S/C18H22N4O3/c1-9-6-12(15-10(2)20-21(3)16(15)19-9)17(23)22-7-13(11-4-5-11)14(8-22)18(24)25/h6,11,13-14H,4-5,7-8H2,1-3H3,(H,24,25)/t13-,14+/m1/s1. The highest BCUT2D eigenvalue weighted by molar-refractivity contribution is 6.06. The molecular weight excluding hydrogens is 320 g/mol. The number of carbonyl (C=O) groups excluding carboxylic acids is 1. The molecule has 2 aliphatic rings. The smallest absolute Gasteiger partial charge is 0.308 e. The summed E-state index contributed by atoms with van der Waals surface area (Å²) in [4.78, 5) is 31.0. The molecule has 7 heteroatoms. The van der Waals surface area contributed by atoms with Gasteiger partial charge < -0.3 is 10.0 Å². The Labute approximate surface area is 145 Å². The first-order chi connectivity index (χ1) is 11.9. The van der Waals surface area contributed by atoms with Crippen LogP contribution in [0.5, 0.6) is 0 Å². The van der Waals surface area contributed by atoms with Crippen LogP contribution in [0.3, 0.4) is 0 Å². The maximum Gasteiger partial charge on any atom is 0.308 e. The Kier molecular flexibility index (Phi) is 3.56. The van der Waals surface area contributed by atoms with E-state index < -0.39 is 11.9 Å². The summed E-state index contributed by atoms with van der Waals surface area (Å²) in [6.07, 6.45) is 2.16. The molecule has 0 bridgehead atoms. The van der Waals surface area contributed by atoms with Crippen molar-refractivity contribution in [2.75, 3.05) is 13.1 Å². The largest absolute Gasteiger partial charge is 0.481 e. The van der Waals surface area contributed by atoms with Crippen molar-refractivity contribution in [2.24, 2.45) is 24.8 Å². The molecule has 2 fully saturated rings. The van der Waals surface area contributed by atoms with Gasteiger partial charge in [0.15, 0.2) is 5.65 Å². The number of aromatic nitrogens is 3. The molecule has 1 saturated carbocycles. The van der Waals surface area contributed by atoms with Crippen LogP contribution in [0, 0.1) is 31.6 Å². The maximum atomic E-state index is 13.2. The van der Waals surface area contributed by atoms with E-state index in [1.165, 1.54) is 0 Å². The first-order valence-corrected chi connectivity index (χ1v) is 8.70. The highest BCUT2D eigenvalue weighted by Crippen LogP contribution is 2.44. The van der Waals surface area contributed by atoms with Gasteiger partial charge in [0, 0.05) is 25.8 Å². The summed E-state index contributed by atoms with van der Waals surface area (Å²) in [5.41, 5.74) is 2.79. The molecule has 1 aliphatic heterocycles. The van der Waals surface area contributed by atoms with Crippen LogP contribution in [0.2, 0.25) is 0 Å². The van der Waals surface area contributed by atoms with E-state index in [4.69, 9.17) is 0 Å². The van der Waals surface area contributed by atoms with Gasteiger partial charge in [-0.15, -0.1) is 0 Å². The number of nitrogens with zero attached hydrogens (tertiary/aromatic N) is 4. The van der Waals surface area contributed by atoms with Gasteiger partial charge in [-0.3, -0.25) is 14.3 Å². The second-order valence-electron chi connectivity index (χ2n) is 7.37. The number of carboxylic acid groups (broad SMARTS) is 1. The Bertz CT molecular complexity index is 884. The molecule has 0 unspecified atom stereocenters. The number of aryl methyl sites for hydroxylation is 3. The zero-order valence-electron chi connectivity index (χ0n) is 14.7. The summed E-state index contributed by atoms with van der Waals surface area (Å²) in [5.74, 6) is -0.820. The third kappa shape index (κ3) is 2.58. The van der Waals surface area contributed by atoms with Crippen molar-refractivity contribution < 1.29 is 14.7 Å². The molecule has 1 aliphatic carbocycles. The second-order valence-corrected chi connectivity index (χ2v) is 7.37. The number of fused-ring (bicyclic) bond motifs is 1. The highest BCUT2D eigenvalue weighted by atomic mass is 16.4. The van der Waals surface area contributed by atoms with E-state index in [2.05, 4.69) is 10.1 Å². The second kappa shape index (κ2) is 5.54. The van der Waals surface area contributed by atoms with Crippen molar-refractivity contribution >= 4 is 22.9 Å². The van der Waals surface area contributed by atoms with Crippen LogP contribution in [-0.4, -0.2) is 49.7 Å². The summed E-state index contributed by atoms with van der Waals surface area (Å²) in [6, 6.07) is 1.79. The van der Waals surface area contributed by atoms with Gasteiger partial charge in [0.2, 0.25) is 0 Å². The Morgan fingerprint density at radius 2 is 1.96 bits per heavy atom. The van der Waals surface area contributed by atoms with Gasteiger partial charge in [0.25, 0.3) is 5.91 Å². The van der Waals surface area contributed by atoms with Crippen molar-refractivity contribution in [3.05, 3.63) is 23.0 Å². The van der Waals surface area contributed by atoms with Gasteiger partial charge in [-0.25, -0.2) is 4.98 Å². The van der Waals surface area contributed by atoms with E-state index in [1.54, 1.807) is 15.6 Å². The fourth-order valence-electron chi connectivity index (χ4n) is 4.17. The molecule has 0 radical (unpaired) electrons. The molecule has 3 heterocycles. The predicted octanol–water partition coefficient (Wildman–Crippen LogP) is 1.77. The number of carbonyl (C=O) groups is 2. The van der Waals surface area contributed by atoms with Gasteiger partial charge in [0.05, 0.1) is 22.6 Å². The molecular formula is C18H22N4O3. The molecule has 1 N–H and O–H groups in total. The quantitative estimate of drug-likeness (QED) is 0.918. The van der Waals surface area contributed by atoms with Gasteiger partial charge in [0.1, 0.15) is 0 Å². The van der Waals surface area contributed by atoms with E-state index in [0.29, 0.717) is 23.7 Å².